The first-order valence-corrected chi connectivity index (χ1v) is 16.0. The monoisotopic (exact) mass is 627 g/mol. The normalized spacial score (nSPS) is 12.0. The largest absolute Gasteiger partial charge is 0.355 e. The molecule has 0 fully saturated rings. The summed E-state index contributed by atoms with van der Waals surface area (Å²) in [4.78, 5) is 28.7. The number of sulfonamides is 1. The van der Waals surface area contributed by atoms with Crippen molar-refractivity contribution < 1.29 is 18.0 Å². The molecule has 7 nitrogen and oxygen atoms in total. The zero-order chi connectivity index (χ0) is 29.3. The lowest BCUT2D eigenvalue weighted by atomic mass is 10.0. The minimum atomic E-state index is -3.57. The van der Waals surface area contributed by atoms with E-state index in [0.29, 0.717) is 25.1 Å². The summed E-state index contributed by atoms with van der Waals surface area (Å²) in [5, 5.41) is 2.90. The van der Waals surface area contributed by atoms with E-state index in [1.165, 1.54) is 10.6 Å². The zero-order valence-electron chi connectivity index (χ0n) is 23.6. The number of amides is 2. The highest BCUT2D eigenvalue weighted by molar-refractivity contribution is 9.10. The van der Waals surface area contributed by atoms with Gasteiger partial charge in [-0.05, 0) is 67.6 Å². The van der Waals surface area contributed by atoms with Gasteiger partial charge in [-0.25, -0.2) is 8.42 Å². The number of halogens is 1. The average molecular weight is 629 g/mol. The summed E-state index contributed by atoms with van der Waals surface area (Å²) in [6.45, 7) is 6.51. The van der Waals surface area contributed by atoms with Gasteiger partial charge in [0, 0.05) is 36.9 Å². The number of carbonyl (C=O) groups is 2. The molecule has 0 spiro atoms. The summed E-state index contributed by atoms with van der Waals surface area (Å²) in [6.07, 6.45) is 1.95. The Morgan fingerprint density at radius 1 is 0.950 bits per heavy atom. The molecular formula is C31H38BrN3O4S. The highest BCUT2D eigenvalue weighted by Crippen LogP contribution is 2.25. The fraction of sp³-hybridized carbons (Fsp3) is 0.355. The SMILES string of the molecule is CCNC(=O)[C@@H](Cc1ccccc1)N(Cc1ccc(Br)cc1)C(=O)CCCN(c1cc(C)ccc1C)S(C)(=O)=O. The van der Waals surface area contributed by atoms with Crippen LogP contribution in [0.5, 0.6) is 0 Å². The van der Waals surface area contributed by atoms with Crippen LogP contribution in [0.1, 0.15) is 42.0 Å². The highest BCUT2D eigenvalue weighted by Gasteiger charge is 2.30. The number of hydrogen-bond donors (Lipinski definition) is 1. The molecule has 2 amide bonds. The second-order valence-corrected chi connectivity index (χ2v) is 12.8. The van der Waals surface area contributed by atoms with Crippen molar-refractivity contribution in [3.8, 4) is 0 Å². The molecule has 3 rings (SSSR count). The van der Waals surface area contributed by atoms with Crippen molar-refractivity contribution in [2.75, 3.05) is 23.7 Å². The van der Waals surface area contributed by atoms with Gasteiger partial charge in [-0.1, -0.05) is 70.5 Å². The van der Waals surface area contributed by atoms with Crippen LogP contribution in [-0.4, -0.2) is 50.5 Å². The van der Waals surface area contributed by atoms with E-state index in [9.17, 15) is 18.0 Å². The third-order valence-corrected chi connectivity index (χ3v) is 8.38. The second-order valence-electron chi connectivity index (χ2n) is 9.98. The Labute approximate surface area is 246 Å². The van der Waals surface area contributed by atoms with Crippen LogP contribution in [0.2, 0.25) is 0 Å². The minimum Gasteiger partial charge on any atom is -0.355 e. The van der Waals surface area contributed by atoms with Gasteiger partial charge in [0.2, 0.25) is 21.8 Å². The van der Waals surface area contributed by atoms with Crippen molar-refractivity contribution in [3.05, 3.63) is 99.5 Å². The van der Waals surface area contributed by atoms with Crippen LogP contribution in [0, 0.1) is 13.8 Å². The standard InChI is InChI=1S/C31H38BrN3O4S/c1-5-33-31(37)29(21-25-10-7-6-8-11-25)34(22-26-15-17-27(32)18-16-26)30(36)12-9-19-35(40(4,38)39)28-20-23(2)13-14-24(28)3/h6-8,10-11,13-18,20,29H,5,9,12,19,21-22H2,1-4H3,(H,33,37)/t29-/m1/s1. The van der Waals surface area contributed by atoms with Crippen LogP contribution in [-0.2, 0) is 32.6 Å². The van der Waals surface area contributed by atoms with Gasteiger partial charge >= 0.3 is 0 Å². The van der Waals surface area contributed by atoms with Crippen LogP contribution in [0.4, 0.5) is 5.69 Å². The molecule has 0 heterocycles. The molecule has 40 heavy (non-hydrogen) atoms. The number of benzene rings is 3. The van der Waals surface area contributed by atoms with Gasteiger partial charge in [-0.2, -0.15) is 0 Å². The first kappa shape index (κ1) is 31.4. The fourth-order valence-corrected chi connectivity index (χ4v) is 5.88. The second kappa shape index (κ2) is 14.5. The predicted molar refractivity (Wildman–Crippen MR) is 165 cm³/mol. The number of likely N-dealkylation sites (N-methyl/N-ethyl adjacent to an activating group) is 1. The maximum atomic E-state index is 13.8. The van der Waals surface area contributed by atoms with Gasteiger partial charge in [-0.15, -0.1) is 0 Å². The summed E-state index contributed by atoms with van der Waals surface area (Å²) in [7, 11) is -3.57. The van der Waals surface area contributed by atoms with E-state index in [0.717, 1.165) is 26.7 Å². The van der Waals surface area contributed by atoms with E-state index in [1.54, 1.807) is 4.90 Å². The number of nitrogens with one attached hydrogen (secondary N) is 1. The maximum absolute atomic E-state index is 13.8. The molecule has 9 heteroatoms. The molecule has 1 atom stereocenters. The van der Waals surface area contributed by atoms with E-state index >= 15 is 0 Å². The first-order chi connectivity index (χ1) is 19.0. The van der Waals surface area contributed by atoms with Gasteiger partial charge in [0.1, 0.15) is 6.04 Å². The van der Waals surface area contributed by atoms with E-state index in [2.05, 4.69) is 21.2 Å². The van der Waals surface area contributed by atoms with Crippen LogP contribution in [0.15, 0.2) is 77.3 Å². The van der Waals surface area contributed by atoms with Gasteiger partial charge < -0.3 is 10.2 Å². The summed E-state index contributed by atoms with van der Waals surface area (Å²) in [5.41, 5.74) is 4.26. The molecule has 0 radical (unpaired) electrons. The molecule has 0 unspecified atom stereocenters. The fourth-order valence-electron chi connectivity index (χ4n) is 4.60. The van der Waals surface area contributed by atoms with Crippen molar-refractivity contribution >= 4 is 43.5 Å². The maximum Gasteiger partial charge on any atom is 0.243 e. The molecule has 0 bridgehead atoms. The molecule has 3 aromatic rings. The number of hydrogen-bond acceptors (Lipinski definition) is 4. The van der Waals surface area contributed by atoms with E-state index in [4.69, 9.17) is 0 Å². The van der Waals surface area contributed by atoms with Crippen LogP contribution >= 0.6 is 15.9 Å². The Morgan fingerprint density at radius 2 is 1.62 bits per heavy atom. The third kappa shape index (κ3) is 8.93. The Bertz CT molecular complexity index is 1400. The zero-order valence-corrected chi connectivity index (χ0v) is 26.0. The molecule has 0 aliphatic carbocycles. The van der Waals surface area contributed by atoms with Crippen molar-refractivity contribution in [2.45, 2.75) is 52.6 Å². The van der Waals surface area contributed by atoms with E-state index in [1.807, 2.05) is 93.6 Å². The molecule has 0 saturated carbocycles. The Kier molecular flexibility index (Phi) is 11.3. The molecule has 1 N–H and O–H groups in total. The predicted octanol–water partition coefficient (Wildman–Crippen LogP) is 5.39. The summed E-state index contributed by atoms with van der Waals surface area (Å²) in [6, 6.07) is 22.3. The summed E-state index contributed by atoms with van der Waals surface area (Å²) < 4.78 is 27.7. The van der Waals surface area contributed by atoms with Gasteiger partial charge in [-0.3, -0.25) is 13.9 Å². The lowest BCUT2D eigenvalue weighted by Gasteiger charge is -2.32. The molecular weight excluding hydrogens is 590 g/mol. The van der Waals surface area contributed by atoms with Crippen molar-refractivity contribution in [2.24, 2.45) is 0 Å². The highest BCUT2D eigenvalue weighted by atomic mass is 79.9. The van der Waals surface area contributed by atoms with Gasteiger partial charge in [0.25, 0.3) is 0 Å². The van der Waals surface area contributed by atoms with Gasteiger partial charge in [0.15, 0.2) is 0 Å². The van der Waals surface area contributed by atoms with E-state index < -0.39 is 16.1 Å². The molecule has 3 aromatic carbocycles. The summed E-state index contributed by atoms with van der Waals surface area (Å²) in [5.74, 6) is -0.422. The van der Waals surface area contributed by atoms with E-state index in [-0.39, 0.29) is 31.3 Å². The van der Waals surface area contributed by atoms with Crippen LogP contribution in [0.25, 0.3) is 0 Å². The molecule has 214 valence electrons. The molecule has 0 saturated heterocycles. The average Bonchev–Trinajstić information content (AvgIpc) is 2.91. The number of aryl methyl sites for hydroxylation is 2. The van der Waals surface area contributed by atoms with Crippen LogP contribution < -0.4 is 9.62 Å². The number of carbonyl (C=O) groups excluding carboxylic acids is 2. The third-order valence-electron chi connectivity index (χ3n) is 6.67. The van der Waals surface area contributed by atoms with Crippen molar-refractivity contribution in [1.29, 1.82) is 0 Å². The Hall–Kier alpha value is -3.17. The number of anilines is 1. The number of rotatable bonds is 13. The quantitative estimate of drug-likeness (QED) is 0.275. The topological polar surface area (TPSA) is 86.8 Å². The smallest absolute Gasteiger partial charge is 0.243 e. The minimum absolute atomic E-state index is 0.0953. The number of nitrogens with zero attached hydrogens (tertiary/aromatic N) is 2. The molecule has 0 aliphatic heterocycles. The van der Waals surface area contributed by atoms with Crippen molar-refractivity contribution in [1.82, 2.24) is 10.2 Å². The lowest BCUT2D eigenvalue weighted by Crippen LogP contribution is -2.50. The Balaban J connectivity index is 1.87. The summed E-state index contributed by atoms with van der Waals surface area (Å²) >= 11 is 3.45. The van der Waals surface area contributed by atoms with Crippen molar-refractivity contribution in [3.63, 3.8) is 0 Å². The lowest BCUT2D eigenvalue weighted by molar-refractivity contribution is -0.141. The molecule has 0 aliphatic rings. The van der Waals surface area contributed by atoms with Crippen LogP contribution in [0.3, 0.4) is 0 Å². The Morgan fingerprint density at radius 3 is 2.25 bits per heavy atom. The van der Waals surface area contributed by atoms with Gasteiger partial charge in [0.05, 0.1) is 11.9 Å². The molecule has 0 aromatic heterocycles. The first-order valence-electron chi connectivity index (χ1n) is 13.4.